The smallest absolute Gasteiger partial charge is 0.475 e. The van der Waals surface area contributed by atoms with Crippen LogP contribution in [0.3, 0.4) is 0 Å². The first kappa shape index (κ1) is 46.2. The van der Waals surface area contributed by atoms with Crippen LogP contribution >= 0.6 is 0 Å². The van der Waals surface area contributed by atoms with Crippen molar-refractivity contribution >= 4 is 47.4 Å². The number of nitrogens with zero attached hydrogens (tertiary/aromatic N) is 2. The summed E-state index contributed by atoms with van der Waals surface area (Å²) < 4.78 is 37.2. The molecule has 23 heteroatoms. The van der Waals surface area contributed by atoms with Crippen LogP contribution in [0.4, 0.5) is 13.2 Å². The third-order valence-corrected chi connectivity index (χ3v) is 6.81. The highest BCUT2D eigenvalue weighted by Gasteiger charge is 2.38. The lowest BCUT2D eigenvalue weighted by Crippen LogP contribution is -2.54. The molecule has 6 amide bonds. The fraction of sp³-hybridized carbons (Fsp3) is 0.714. The predicted octanol–water partition coefficient (Wildman–Crippen LogP) is -3.94. The lowest BCUT2D eigenvalue weighted by molar-refractivity contribution is -0.192. The SMILES string of the molecule is CN1CC(=O)NCCC(=O)N[C@@H](CCCCN)C(=O)N[C@@H](CCCCN)C(=O)NCOCC[C@@H](N=C(N)N)C(=O)NCC1=O.O=C(O)C(F)(F)F. The minimum atomic E-state index is -5.08. The number of nitrogens with one attached hydrogen (secondary N) is 5. The van der Waals surface area contributed by atoms with Crippen molar-refractivity contribution in [3.63, 3.8) is 0 Å². The number of carbonyl (C=O) groups excluding carboxylic acids is 6. The average Bonchev–Trinajstić information content (AvgIpc) is 3.04. The second-order valence-electron chi connectivity index (χ2n) is 11.1. The molecule has 0 aromatic heterocycles. The van der Waals surface area contributed by atoms with Crippen LogP contribution < -0.4 is 49.5 Å². The Bertz CT molecular complexity index is 1190. The topological polar surface area (TPSA) is 329 Å². The lowest BCUT2D eigenvalue weighted by atomic mass is 10.1. The van der Waals surface area contributed by atoms with Crippen LogP contribution in [0.25, 0.3) is 0 Å². The Labute approximate surface area is 292 Å². The van der Waals surface area contributed by atoms with E-state index >= 15 is 0 Å². The van der Waals surface area contributed by atoms with Gasteiger partial charge in [0.25, 0.3) is 0 Å². The second-order valence-corrected chi connectivity index (χ2v) is 11.1. The molecular weight excluding hydrogens is 691 g/mol. The molecule has 1 aliphatic heterocycles. The molecule has 14 N–H and O–H groups in total. The lowest BCUT2D eigenvalue weighted by Gasteiger charge is -2.23. The second kappa shape index (κ2) is 25.2. The molecule has 1 fully saturated rings. The van der Waals surface area contributed by atoms with Crippen molar-refractivity contribution in [1.29, 1.82) is 0 Å². The number of carboxylic acids is 1. The predicted molar refractivity (Wildman–Crippen MR) is 175 cm³/mol. The van der Waals surface area contributed by atoms with E-state index in [9.17, 15) is 41.9 Å². The maximum atomic E-state index is 13.2. The maximum Gasteiger partial charge on any atom is 0.490 e. The first-order chi connectivity index (χ1) is 23.9. The maximum absolute atomic E-state index is 13.2. The number of likely N-dealkylation sites (N-methyl/N-ethyl adjacent to an activating group) is 1. The van der Waals surface area contributed by atoms with E-state index in [1.807, 2.05) is 0 Å². The van der Waals surface area contributed by atoms with E-state index in [1.54, 1.807) is 0 Å². The van der Waals surface area contributed by atoms with Gasteiger partial charge in [-0.1, -0.05) is 0 Å². The summed E-state index contributed by atoms with van der Waals surface area (Å²) in [6.45, 7) is -0.248. The van der Waals surface area contributed by atoms with Crippen molar-refractivity contribution in [2.45, 2.75) is 75.7 Å². The number of halogens is 3. The number of carbonyl (C=O) groups is 7. The van der Waals surface area contributed by atoms with Crippen molar-refractivity contribution in [2.24, 2.45) is 27.9 Å². The number of rotatable bonds is 9. The van der Waals surface area contributed by atoms with Crippen LogP contribution in [0.1, 0.15) is 51.4 Å². The number of unbranched alkanes of at least 4 members (excludes halogenated alkanes) is 2. The van der Waals surface area contributed by atoms with Crippen molar-refractivity contribution < 1.29 is 56.6 Å². The van der Waals surface area contributed by atoms with E-state index < -0.39 is 72.3 Å². The van der Waals surface area contributed by atoms with Crippen LogP contribution in [0.2, 0.25) is 0 Å². The van der Waals surface area contributed by atoms with Crippen molar-refractivity contribution in [3.05, 3.63) is 0 Å². The highest BCUT2D eigenvalue weighted by atomic mass is 19.4. The fourth-order valence-electron chi connectivity index (χ4n) is 4.10. The third kappa shape index (κ3) is 21.8. The molecule has 1 rings (SSSR count). The fourth-order valence-corrected chi connectivity index (χ4v) is 4.10. The summed E-state index contributed by atoms with van der Waals surface area (Å²) in [6, 6.07) is -2.95. The first-order valence-corrected chi connectivity index (χ1v) is 15.9. The quantitative estimate of drug-likeness (QED) is 0.0614. The molecule has 3 atom stereocenters. The molecule has 0 radical (unpaired) electrons. The monoisotopic (exact) mass is 741 g/mol. The Kier molecular flexibility index (Phi) is 22.9. The van der Waals surface area contributed by atoms with E-state index in [2.05, 4.69) is 31.6 Å². The number of hydrogen-bond acceptors (Lipinski definition) is 11. The molecule has 1 aliphatic rings. The summed E-state index contributed by atoms with van der Waals surface area (Å²) in [5.41, 5.74) is 22.1. The molecule has 0 aliphatic carbocycles. The summed E-state index contributed by atoms with van der Waals surface area (Å²) in [5.74, 6) is -6.38. The number of hydrogen-bond donors (Lipinski definition) is 10. The van der Waals surface area contributed by atoms with E-state index in [-0.39, 0.29) is 51.6 Å². The number of carboxylic acid groups (broad SMARTS) is 1. The van der Waals surface area contributed by atoms with Crippen LogP contribution in [0.5, 0.6) is 0 Å². The Morgan fingerprint density at radius 3 is 1.98 bits per heavy atom. The van der Waals surface area contributed by atoms with Gasteiger partial charge < -0.3 is 64.3 Å². The van der Waals surface area contributed by atoms with Gasteiger partial charge in [0.2, 0.25) is 35.4 Å². The van der Waals surface area contributed by atoms with E-state index in [0.717, 1.165) is 4.90 Å². The largest absolute Gasteiger partial charge is 0.490 e. The zero-order valence-corrected chi connectivity index (χ0v) is 28.4. The van der Waals surface area contributed by atoms with E-state index in [4.69, 9.17) is 37.6 Å². The highest BCUT2D eigenvalue weighted by Crippen LogP contribution is 2.13. The van der Waals surface area contributed by atoms with Gasteiger partial charge in [0.15, 0.2) is 5.96 Å². The summed E-state index contributed by atoms with van der Waals surface area (Å²) in [5, 5.41) is 20.1. The van der Waals surface area contributed by atoms with Crippen LogP contribution in [-0.4, -0.2) is 135 Å². The van der Waals surface area contributed by atoms with Gasteiger partial charge in [-0.3, -0.25) is 28.8 Å². The molecule has 0 bridgehead atoms. The average molecular weight is 742 g/mol. The number of alkyl halides is 3. The zero-order chi connectivity index (χ0) is 39.0. The molecule has 51 heavy (non-hydrogen) atoms. The number of nitrogens with two attached hydrogens (primary N) is 4. The minimum absolute atomic E-state index is 0.0207. The molecule has 0 unspecified atom stereocenters. The molecular formula is C28H50F3N11O9. The number of aliphatic carboxylic acids is 1. The van der Waals surface area contributed by atoms with Crippen LogP contribution in [0.15, 0.2) is 4.99 Å². The first-order valence-electron chi connectivity index (χ1n) is 15.9. The number of aliphatic imine (C=N–C) groups is 1. The zero-order valence-electron chi connectivity index (χ0n) is 28.4. The van der Waals surface area contributed by atoms with Gasteiger partial charge in [-0.2, -0.15) is 13.2 Å². The van der Waals surface area contributed by atoms with Gasteiger partial charge in [-0.25, -0.2) is 9.79 Å². The molecule has 0 aromatic rings. The van der Waals surface area contributed by atoms with Gasteiger partial charge in [0.05, 0.1) is 19.7 Å². The van der Waals surface area contributed by atoms with Gasteiger partial charge in [0.1, 0.15) is 24.9 Å². The molecule has 0 saturated carbocycles. The standard InChI is InChI=1S/C26H49N11O7.C2HF3O2/c1-37-15-21(39)31-12-8-20(38)34-18(7-3-5-11-28)25(43)35-17(6-2-4-10-27)24(42)33-16-44-13-9-19(36-26(29)30)23(41)32-14-22(37)40;3-2(4,5)1(6)7/h17-19H,2-16,27-28H2,1H3,(H,31,39)(H,32,41)(H,33,42)(H,34,38)(H,35,43)(H4,29,30,36);(H,6,7)/t17-,18-,19+;/m0./s1. The van der Waals surface area contributed by atoms with Gasteiger partial charge in [0, 0.05) is 26.4 Å². The summed E-state index contributed by atoms with van der Waals surface area (Å²) >= 11 is 0. The number of ether oxygens (including phenoxy) is 1. The summed E-state index contributed by atoms with van der Waals surface area (Å²) in [6.07, 6.45) is -2.23. The van der Waals surface area contributed by atoms with Crippen molar-refractivity contribution in [3.8, 4) is 0 Å². The third-order valence-electron chi connectivity index (χ3n) is 6.81. The van der Waals surface area contributed by atoms with Gasteiger partial charge in [-0.05, 0) is 51.6 Å². The number of guanidine groups is 1. The van der Waals surface area contributed by atoms with Crippen molar-refractivity contribution in [2.75, 3.05) is 53.1 Å². The Morgan fingerprint density at radius 1 is 0.882 bits per heavy atom. The number of amides is 6. The van der Waals surface area contributed by atoms with E-state index in [1.165, 1.54) is 7.05 Å². The molecule has 1 heterocycles. The molecule has 0 aromatic carbocycles. The normalized spacial score (nSPS) is 21.1. The van der Waals surface area contributed by atoms with Gasteiger partial charge >= 0.3 is 12.1 Å². The molecule has 292 valence electrons. The highest BCUT2D eigenvalue weighted by molar-refractivity contribution is 5.93. The summed E-state index contributed by atoms with van der Waals surface area (Å²) in [4.78, 5) is 90.1. The Morgan fingerprint density at radius 2 is 1.45 bits per heavy atom. The molecule has 1 saturated heterocycles. The van der Waals surface area contributed by atoms with Gasteiger partial charge in [-0.15, -0.1) is 0 Å². The molecule has 0 spiro atoms. The summed E-state index contributed by atoms with van der Waals surface area (Å²) in [7, 11) is 1.38. The van der Waals surface area contributed by atoms with E-state index in [0.29, 0.717) is 45.2 Å². The van der Waals surface area contributed by atoms with Crippen molar-refractivity contribution in [1.82, 2.24) is 31.5 Å². The Hall–Kier alpha value is -4.77. The Balaban J connectivity index is 0.00000321. The minimum Gasteiger partial charge on any atom is -0.475 e. The van der Waals surface area contributed by atoms with Crippen LogP contribution in [-0.2, 0) is 38.3 Å². The van der Waals surface area contributed by atoms with Crippen LogP contribution in [0, 0.1) is 0 Å². The molecule has 20 nitrogen and oxygen atoms in total.